The summed E-state index contributed by atoms with van der Waals surface area (Å²) in [5.74, 6) is 0.580. The van der Waals surface area contributed by atoms with Crippen LogP contribution in [0.3, 0.4) is 0 Å². The molecule has 0 saturated carbocycles. The average Bonchev–Trinajstić information content (AvgIpc) is 2.76. The van der Waals surface area contributed by atoms with Gasteiger partial charge in [0.15, 0.2) is 0 Å². The first-order chi connectivity index (χ1) is 14.9. The molecule has 1 N–H and O–H groups in total. The Morgan fingerprint density at radius 1 is 0.968 bits per heavy atom. The van der Waals surface area contributed by atoms with Crippen LogP contribution in [0.4, 0.5) is 5.69 Å². The average molecular weight is 475 g/mol. The molecule has 0 aliphatic rings. The van der Waals surface area contributed by atoms with Crippen LogP contribution in [0.1, 0.15) is 27.0 Å². The second kappa shape index (κ2) is 8.52. The zero-order valence-electron chi connectivity index (χ0n) is 17.9. The van der Waals surface area contributed by atoms with Crippen molar-refractivity contribution < 1.29 is 9.53 Å². The molecular formula is C26H23BrN2O2. The maximum atomic E-state index is 13.4. The number of benzene rings is 3. The molecule has 4 nitrogen and oxygen atoms in total. The molecule has 0 aliphatic heterocycles. The van der Waals surface area contributed by atoms with Gasteiger partial charge in [0, 0.05) is 21.1 Å². The van der Waals surface area contributed by atoms with Gasteiger partial charge in [0.25, 0.3) is 5.91 Å². The van der Waals surface area contributed by atoms with Gasteiger partial charge in [0.1, 0.15) is 5.75 Å². The third kappa shape index (κ3) is 4.19. The minimum Gasteiger partial charge on any atom is -0.497 e. The van der Waals surface area contributed by atoms with Gasteiger partial charge in [0.05, 0.1) is 23.9 Å². The molecule has 0 radical (unpaired) electrons. The first-order valence-corrected chi connectivity index (χ1v) is 10.8. The number of hydrogen-bond donors (Lipinski definition) is 1. The monoisotopic (exact) mass is 474 g/mol. The molecule has 31 heavy (non-hydrogen) atoms. The smallest absolute Gasteiger partial charge is 0.256 e. The molecule has 0 spiro atoms. The fourth-order valence-electron chi connectivity index (χ4n) is 3.65. The summed E-state index contributed by atoms with van der Waals surface area (Å²) in [6.07, 6.45) is 0. The van der Waals surface area contributed by atoms with Crippen LogP contribution in [0.2, 0.25) is 0 Å². The molecule has 1 heterocycles. The number of halogens is 1. The van der Waals surface area contributed by atoms with Gasteiger partial charge in [-0.2, -0.15) is 0 Å². The van der Waals surface area contributed by atoms with Gasteiger partial charge in [-0.3, -0.25) is 4.79 Å². The van der Waals surface area contributed by atoms with Crippen molar-refractivity contribution >= 4 is 38.4 Å². The van der Waals surface area contributed by atoms with Gasteiger partial charge >= 0.3 is 0 Å². The lowest BCUT2D eigenvalue weighted by Crippen LogP contribution is -2.14. The van der Waals surface area contributed by atoms with Gasteiger partial charge in [-0.25, -0.2) is 4.98 Å². The molecule has 0 saturated heterocycles. The summed E-state index contributed by atoms with van der Waals surface area (Å²) < 4.78 is 6.28. The third-order valence-electron chi connectivity index (χ3n) is 5.53. The van der Waals surface area contributed by atoms with E-state index in [1.54, 1.807) is 7.11 Å². The lowest BCUT2D eigenvalue weighted by molar-refractivity contribution is 0.102. The number of amides is 1. The predicted molar refractivity (Wildman–Crippen MR) is 130 cm³/mol. The van der Waals surface area contributed by atoms with Crippen LogP contribution in [-0.4, -0.2) is 18.0 Å². The number of aryl methyl sites for hydroxylation is 2. The van der Waals surface area contributed by atoms with E-state index in [2.05, 4.69) is 21.2 Å². The van der Waals surface area contributed by atoms with Gasteiger partial charge in [-0.1, -0.05) is 40.2 Å². The SMILES string of the molecule is COc1cccc(-c2cc(C(=O)Nc3cccc(C)c3C)c3cc(Br)cc(C)c3n2)c1. The minimum atomic E-state index is -0.164. The highest BCUT2D eigenvalue weighted by molar-refractivity contribution is 9.10. The topological polar surface area (TPSA) is 51.2 Å². The van der Waals surface area contributed by atoms with Crippen LogP contribution in [0.25, 0.3) is 22.2 Å². The number of pyridine rings is 1. The normalized spacial score (nSPS) is 10.9. The fourth-order valence-corrected chi connectivity index (χ4v) is 4.22. The summed E-state index contributed by atoms with van der Waals surface area (Å²) in [5.41, 5.74) is 6.99. The van der Waals surface area contributed by atoms with Crippen LogP contribution >= 0.6 is 15.9 Å². The third-order valence-corrected chi connectivity index (χ3v) is 5.99. The Bertz CT molecular complexity index is 1310. The van der Waals surface area contributed by atoms with E-state index >= 15 is 0 Å². The molecule has 0 atom stereocenters. The van der Waals surface area contributed by atoms with Crippen molar-refractivity contribution in [1.29, 1.82) is 0 Å². The first-order valence-electron chi connectivity index (χ1n) is 10.0. The molecule has 1 amide bonds. The zero-order valence-corrected chi connectivity index (χ0v) is 19.5. The van der Waals surface area contributed by atoms with Gasteiger partial charge in [-0.05, 0) is 73.9 Å². The molecule has 5 heteroatoms. The van der Waals surface area contributed by atoms with Crippen molar-refractivity contribution in [3.63, 3.8) is 0 Å². The Labute approximate surface area is 190 Å². The van der Waals surface area contributed by atoms with E-state index in [0.29, 0.717) is 5.56 Å². The number of hydrogen-bond acceptors (Lipinski definition) is 3. The highest BCUT2D eigenvalue weighted by atomic mass is 79.9. The van der Waals surface area contributed by atoms with Crippen LogP contribution in [0.5, 0.6) is 5.75 Å². The lowest BCUT2D eigenvalue weighted by Gasteiger charge is -2.14. The largest absolute Gasteiger partial charge is 0.497 e. The fraction of sp³-hybridized carbons (Fsp3) is 0.154. The molecule has 0 aliphatic carbocycles. The van der Waals surface area contributed by atoms with Crippen LogP contribution < -0.4 is 10.1 Å². The number of ether oxygens (including phenoxy) is 1. The number of nitrogens with zero attached hydrogens (tertiary/aromatic N) is 1. The Kier molecular flexibility index (Phi) is 5.79. The Morgan fingerprint density at radius 3 is 2.52 bits per heavy atom. The molecule has 0 unspecified atom stereocenters. The predicted octanol–water partition coefficient (Wildman–Crippen LogP) is 6.85. The summed E-state index contributed by atoms with van der Waals surface area (Å²) >= 11 is 3.56. The second-order valence-corrected chi connectivity index (χ2v) is 8.52. The molecule has 0 bridgehead atoms. The molecular weight excluding hydrogens is 452 g/mol. The number of methoxy groups -OCH3 is 1. The Hall–Kier alpha value is -3.18. The summed E-state index contributed by atoms with van der Waals surface area (Å²) in [6, 6.07) is 19.4. The highest BCUT2D eigenvalue weighted by Gasteiger charge is 2.17. The lowest BCUT2D eigenvalue weighted by atomic mass is 10.0. The second-order valence-electron chi connectivity index (χ2n) is 7.61. The number of aromatic nitrogens is 1. The number of rotatable bonds is 4. The molecule has 156 valence electrons. The quantitative estimate of drug-likeness (QED) is 0.351. The van der Waals surface area contributed by atoms with E-state index in [1.165, 1.54) is 0 Å². The van der Waals surface area contributed by atoms with E-state index in [0.717, 1.165) is 54.8 Å². The van der Waals surface area contributed by atoms with E-state index in [4.69, 9.17) is 9.72 Å². The number of anilines is 1. The van der Waals surface area contributed by atoms with Gasteiger partial charge in [-0.15, -0.1) is 0 Å². The highest BCUT2D eigenvalue weighted by Crippen LogP contribution is 2.31. The van der Waals surface area contributed by atoms with E-state index < -0.39 is 0 Å². The molecule has 3 aromatic carbocycles. The standard InChI is InChI=1S/C26H23BrN2O2/c1-15-7-5-10-23(17(15)3)29-26(30)22-14-24(18-8-6-9-20(12-18)31-4)28-25-16(2)11-19(27)13-21(22)25/h5-14H,1-4H3,(H,29,30). The molecule has 0 fully saturated rings. The van der Waals surface area contributed by atoms with Crippen molar-refractivity contribution in [2.45, 2.75) is 20.8 Å². The van der Waals surface area contributed by atoms with E-state index in [9.17, 15) is 4.79 Å². The molecule has 1 aromatic heterocycles. The molecule has 4 aromatic rings. The summed E-state index contributed by atoms with van der Waals surface area (Å²) in [4.78, 5) is 18.3. The van der Waals surface area contributed by atoms with Crippen molar-refractivity contribution in [3.05, 3.63) is 87.4 Å². The van der Waals surface area contributed by atoms with Crippen molar-refractivity contribution in [3.8, 4) is 17.0 Å². The summed E-state index contributed by atoms with van der Waals surface area (Å²) in [7, 11) is 1.64. The van der Waals surface area contributed by atoms with Crippen molar-refractivity contribution in [2.75, 3.05) is 12.4 Å². The number of fused-ring (bicyclic) bond motifs is 1. The zero-order chi connectivity index (χ0) is 22.1. The number of nitrogens with one attached hydrogen (secondary N) is 1. The van der Waals surface area contributed by atoms with Crippen LogP contribution in [0, 0.1) is 20.8 Å². The summed E-state index contributed by atoms with van der Waals surface area (Å²) in [5, 5.41) is 3.90. The number of carbonyl (C=O) groups excluding carboxylic acids is 1. The van der Waals surface area contributed by atoms with Crippen molar-refractivity contribution in [2.24, 2.45) is 0 Å². The van der Waals surface area contributed by atoms with Crippen LogP contribution in [0.15, 0.2) is 65.1 Å². The Balaban J connectivity index is 1.89. The van der Waals surface area contributed by atoms with Crippen LogP contribution in [-0.2, 0) is 0 Å². The Morgan fingerprint density at radius 2 is 1.74 bits per heavy atom. The van der Waals surface area contributed by atoms with E-state index in [1.807, 2.05) is 81.4 Å². The molecule has 4 rings (SSSR count). The minimum absolute atomic E-state index is 0.164. The van der Waals surface area contributed by atoms with Gasteiger partial charge in [0.2, 0.25) is 0 Å². The summed E-state index contributed by atoms with van der Waals surface area (Å²) in [6.45, 7) is 6.05. The van der Waals surface area contributed by atoms with Crippen molar-refractivity contribution in [1.82, 2.24) is 4.98 Å². The van der Waals surface area contributed by atoms with Gasteiger partial charge < -0.3 is 10.1 Å². The maximum Gasteiger partial charge on any atom is 0.256 e. The number of carbonyl (C=O) groups is 1. The van der Waals surface area contributed by atoms with E-state index in [-0.39, 0.29) is 5.91 Å². The maximum absolute atomic E-state index is 13.4. The first kappa shape index (κ1) is 21.1.